The smallest absolute Gasteiger partial charge is 0.292 e. The third-order valence-corrected chi connectivity index (χ3v) is 5.32. The molecule has 1 aromatic carbocycles. The van der Waals surface area contributed by atoms with Crippen LogP contribution in [0.25, 0.3) is 0 Å². The largest absolute Gasteiger partial charge is 0.455 e. The number of hydrogen-bond acceptors (Lipinski definition) is 7. The van der Waals surface area contributed by atoms with Gasteiger partial charge in [-0.05, 0) is 56.5 Å². The van der Waals surface area contributed by atoms with Crippen molar-refractivity contribution in [1.82, 2.24) is 10.4 Å². The highest BCUT2D eigenvalue weighted by atomic mass is 16.6. The lowest BCUT2D eigenvalue weighted by Gasteiger charge is -2.13. The van der Waals surface area contributed by atoms with Gasteiger partial charge < -0.3 is 9.73 Å². The van der Waals surface area contributed by atoms with Gasteiger partial charge in [0.25, 0.3) is 17.5 Å². The first kappa shape index (κ1) is 21.9. The van der Waals surface area contributed by atoms with Crippen molar-refractivity contribution in [1.29, 1.82) is 0 Å². The van der Waals surface area contributed by atoms with E-state index >= 15 is 0 Å². The molecule has 1 aliphatic rings. The lowest BCUT2D eigenvalue weighted by atomic mass is 9.93. The molecule has 2 heterocycles. The number of aryl methyl sites for hydroxylation is 2. The maximum Gasteiger partial charge on any atom is 0.292 e. The van der Waals surface area contributed by atoms with Crippen LogP contribution in [0.1, 0.15) is 56.2 Å². The molecule has 3 aromatic rings. The van der Waals surface area contributed by atoms with Gasteiger partial charge in [-0.15, -0.1) is 0 Å². The molecule has 0 fully saturated rings. The third kappa shape index (κ3) is 4.64. The van der Waals surface area contributed by atoms with Crippen molar-refractivity contribution >= 4 is 29.0 Å². The van der Waals surface area contributed by atoms with Crippen molar-refractivity contribution < 1.29 is 18.9 Å². The number of benzene rings is 1. The number of fused-ring (bicyclic) bond motifs is 1. The Morgan fingerprint density at radius 3 is 2.58 bits per heavy atom. The van der Waals surface area contributed by atoms with Crippen molar-refractivity contribution in [3.8, 4) is 0 Å². The molecule has 2 N–H and O–H groups in total. The van der Waals surface area contributed by atoms with Crippen molar-refractivity contribution in [3.05, 3.63) is 86.5 Å². The molecule has 2 aromatic heterocycles. The first-order chi connectivity index (χ1) is 15.8. The van der Waals surface area contributed by atoms with E-state index in [-0.39, 0.29) is 17.0 Å². The van der Waals surface area contributed by atoms with Gasteiger partial charge >= 0.3 is 0 Å². The van der Waals surface area contributed by atoms with Gasteiger partial charge in [0, 0.05) is 41.4 Å². The zero-order valence-corrected chi connectivity index (χ0v) is 18.0. The van der Waals surface area contributed by atoms with Crippen LogP contribution in [0.3, 0.4) is 0 Å². The molecular formula is C23H21N5O5. The number of amides is 2. The van der Waals surface area contributed by atoms with Crippen LogP contribution in [0.2, 0.25) is 0 Å². The maximum absolute atomic E-state index is 12.8. The van der Waals surface area contributed by atoms with Crippen LogP contribution in [-0.4, -0.2) is 27.4 Å². The fourth-order valence-electron chi connectivity index (χ4n) is 3.69. The van der Waals surface area contributed by atoms with Crippen LogP contribution in [-0.2, 0) is 6.42 Å². The van der Waals surface area contributed by atoms with E-state index in [1.54, 1.807) is 19.2 Å². The standard InChI is InChI=1S/C23H21N5O5/c1-13-10-11-24-19(12-13)25-23(30)21-14(2)20-17(4-3-5-18(20)33-21)26-27-22(29)15-6-8-16(9-7-15)28(31)32/h6-12H,3-5H2,1-2H3,(H,27,29)(H,24,25,30)/b26-17+. The number of pyridine rings is 1. The van der Waals surface area contributed by atoms with Crippen molar-refractivity contribution in [2.45, 2.75) is 33.1 Å². The van der Waals surface area contributed by atoms with Crippen LogP contribution in [0.15, 0.2) is 52.1 Å². The first-order valence-electron chi connectivity index (χ1n) is 10.3. The predicted molar refractivity (Wildman–Crippen MR) is 120 cm³/mol. The number of nitrogens with zero attached hydrogens (tertiary/aromatic N) is 3. The Balaban J connectivity index is 1.54. The second-order valence-corrected chi connectivity index (χ2v) is 7.68. The van der Waals surface area contributed by atoms with Crippen LogP contribution in [0, 0.1) is 24.0 Å². The Labute approximate surface area is 188 Å². The third-order valence-electron chi connectivity index (χ3n) is 5.32. The summed E-state index contributed by atoms with van der Waals surface area (Å²) in [5, 5.41) is 17.8. The van der Waals surface area contributed by atoms with Gasteiger partial charge in [-0.2, -0.15) is 5.10 Å². The number of carbonyl (C=O) groups is 2. The molecule has 0 aliphatic heterocycles. The van der Waals surface area contributed by atoms with E-state index in [0.29, 0.717) is 41.3 Å². The van der Waals surface area contributed by atoms with Gasteiger partial charge in [0.1, 0.15) is 11.6 Å². The van der Waals surface area contributed by atoms with Crippen molar-refractivity contribution in [2.24, 2.45) is 5.10 Å². The highest BCUT2D eigenvalue weighted by Gasteiger charge is 2.28. The number of nitro benzene ring substituents is 1. The Morgan fingerprint density at radius 1 is 1.12 bits per heavy atom. The van der Waals surface area contributed by atoms with Crippen molar-refractivity contribution in [3.63, 3.8) is 0 Å². The summed E-state index contributed by atoms with van der Waals surface area (Å²) in [6, 6.07) is 8.84. The number of anilines is 1. The molecule has 2 amide bonds. The zero-order chi connectivity index (χ0) is 23.5. The average molecular weight is 447 g/mol. The minimum Gasteiger partial charge on any atom is -0.455 e. The van der Waals surface area contributed by atoms with E-state index in [9.17, 15) is 19.7 Å². The van der Waals surface area contributed by atoms with Gasteiger partial charge in [-0.25, -0.2) is 10.4 Å². The molecule has 33 heavy (non-hydrogen) atoms. The molecule has 0 bridgehead atoms. The number of aromatic nitrogens is 1. The van der Waals surface area contributed by atoms with E-state index in [2.05, 4.69) is 20.8 Å². The van der Waals surface area contributed by atoms with E-state index in [4.69, 9.17) is 4.42 Å². The number of nitrogens with one attached hydrogen (secondary N) is 2. The molecule has 10 nitrogen and oxygen atoms in total. The molecule has 4 rings (SSSR count). The van der Waals surface area contributed by atoms with Crippen LogP contribution < -0.4 is 10.7 Å². The quantitative estimate of drug-likeness (QED) is 0.449. The normalized spacial score (nSPS) is 13.9. The number of carbonyl (C=O) groups excluding carboxylic acids is 2. The van der Waals surface area contributed by atoms with Gasteiger partial charge in [0.15, 0.2) is 5.76 Å². The highest BCUT2D eigenvalue weighted by Crippen LogP contribution is 2.30. The lowest BCUT2D eigenvalue weighted by Crippen LogP contribution is -2.22. The molecule has 1 aliphatic carbocycles. The zero-order valence-electron chi connectivity index (χ0n) is 18.0. The lowest BCUT2D eigenvalue weighted by molar-refractivity contribution is -0.384. The summed E-state index contributed by atoms with van der Waals surface area (Å²) in [7, 11) is 0. The average Bonchev–Trinajstić information content (AvgIpc) is 3.15. The van der Waals surface area contributed by atoms with Gasteiger partial charge in [0.2, 0.25) is 0 Å². The molecule has 0 radical (unpaired) electrons. The Kier molecular flexibility index (Phi) is 5.99. The summed E-state index contributed by atoms with van der Waals surface area (Å²) in [4.78, 5) is 39.6. The van der Waals surface area contributed by atoms with E-state index in [1.165, 1.54) is 24.3 Å². The second-order valence-electron chi connectivity index (χ2n) is 7.68. The topological polar surface area (TPSA) is 140 Å². The molecule has 0 saturated heterocycles. The fourth-order valence-corrected chi connectivity index (χ4v) is 3.69. The molecule has 0 saturated carbocycles. The van der Waals surface area contributed by atoms with Gasteiger partial charge in [-0.1, -0.05) is 0 Å². The Hall–Kier alpha value is -4.34. The summed E-state index contributed by atoms with van der Waals surface area (Å²) in [6.45, 7) is 3.68. The maximum atomic E-state index is 12.8. The van der Waals surface area contributed by atoms with Gasteiger partial charge in [0.05, 0.1) is 10.6 Å². The van der Waals surface area contributed by atoms with Crippen LogP contribution >= 0.6 is 0 Å². The first-order valence-corrected chi connectivity index (χ1v) is 10.3. The molecule has 0 spiro atoms. The van der Waals surface area contributed by atoms with Crippen LogP contribution in [0.5, 0.6) is 0 Å². The van der Waals surface area contributed by atoms with E-state index in [0.717, 1.165) is 12.0 Å². The number of hydrogen-bond donors (Lipinski definition) is 2. The molecule has 168 valence electrons. The minimum atomic E-state index is -0.532. The number of nitro groups is 1. The fraction of sp³-hybridized carbons (Fsp3) is 0.217. The van der Waals surface area contributed by atoms with Crippen LogP contribution in [0.4, 0.5) is 11.5 Å². The second kappa shape index (κ2) is 9.03. The van der Waals surface area contributed by atoms with Gasteiger partial charge in [-0.3, -0.25) is 19.7 Å². The number of rotatable bonds is 5. The minimum absolute atomic E-state index is 0.101. The molecule has 0 atom stereocenters. The highest BCUT2D eigenvalue weighted by molar-refractivity contribution is 6.09. The summed E-state index contributed by atoms with van der Waals surface area (Å²) in [6.07, 6.45) is 3.63. The molecular weight excluding hydrogens is 426 g/mol. The predicted octanol–water partition coefficient (Wildman–Crippen LogP) is 3.92. The van der Waals surface area contributed by atoms with E-state index in [1.807, 2.05) is 13.0 Å². The van der Waals surface area contributed by atoms with E-state index < -0.39 is 16.7 Å². The molecule has 10 heteroatoms. The number of hydrazone groups is 1. The SMILES string of the molecule is Cc1ccnc(NC(=O)c2oc3c(c2C)/C(=N/NC(=O)c2ccc([N+](=O)[O-])cc2)CCC3)c1. The Morgan fingerprint density at radius 2 is 1.88 bits per heavy atom. The number of furan rings is 1. The number of non-ortho nitro benzene ring substituents is 1. The summed E-state index contributed by atoms with van der Waals surface area (Å²) >= 11 is 0. The Bertz CT molecular complexity index is 1280. The van der Waals surface area contributed by atoms with Crippen molar-refractivity contribution in [2.75, 3.05) is 5.32 Å². The summed E-state index contributed by atoms with van der Waals surface area (Å²) in [5.74, 6) is 0.352. The molecule has 0 unspecified atom stereocenters. The monoisotopic (exact) mass is 447 g/mol. The summed E-state index contributed by atoms with van der Waals surface area (Å²) in [5.41, 5.74) is 5.57. The summed E-state index contributed by atoms with van der Waals surface area (Å²) < 4.78 is 5.86.